The molecule has 4 heteroatoms. The predicted octanol–water partition coefficient (Wildman–Crippen LogP) is 2.91. The van der Waals surface area contributed by atoms with E-state index >= 15 is 0 Å². The summed E-state index contributed by atoms with van der Waals surface area (Å²) in [5.74, 6) is 2.87. The van der Waals surface area contributed by atoms with Crippen molar-refractivity contribution < 1.29 is 9.53 Å². The Bertz CT molecular complexity index is 359. The Morgan fingerprint density at radius 1 is 1.25 bits per heavy atom. The molecule has 114 valence electrons. The van der Waals surface area contributed by atoms with Crippen molar-refractivity contribution in [2.24, 2.45) is 11.7 Å². The van der Waals surface area contributed by atoms with Crippen LogP contribution in [0, 0.1) is 5.92 Å². The minimum Gasteiger partial charge on any atom is -0.374 e. The van der Waals surface area contributed by atoms with E-state index in [2.05, 4.69) is 0 Å². The van der Waals surface area contributed by atoms with Gasteiger partial charge in [0.25, 0.3) is 0 Å². The summed E-state index contributed by atoms with van der Waals surface area (Å²) in [6.45, 7) is 0.758. The zero-order chi connectivity index (χ0) is 14.1. The summed E-state index contributed by atoms with van der Waals surface area (Å²) in [7, 11) is 0. The zero-order valence-corrected chi connectivity index (χ0v) is 13.2. The van der Waals surface area contributed by atoms with Crippen LogP contribution in [0.4, 0.5) is 0 Å². The largest absolute Gasteiger partial charge is 0.374 e. The van der Waals surface area contributed by atoms with Gasteiger partial charge in [-0.3, -0.25) is 4.79 Å². The van der Waals surface area contributed by atoms with Gasteiger partial charge in [0.2, 0.25) is 0 Å². The van der Waals surface area contributed by atoms with Gasteiger partial charge in [-0.1, -0.05) is 19.3 Å². The Kier molecular flexibility index (Phi) is 4.44. The van der Waals surface area contributed by atoms with E-state index in [-0.39, 0.29) is 17.1 Å². The van der Waals surface area contributed by atoms with Gasteiger partial charge in [0.05, 0.1) is 5.60 Å². The van der Waals surface area contributed by atoms with Crippen LogP contribution >= 0.6 is 11.8 Å². The second-order valence-electron chi connectivity index (χ2n) is 7.09. The molecule has 0 bridgehead atoms. The van der Waals surface area contributed by atoms with Crippen LogP contribution in [-0.4, -0.2) is 35.0 Å². The summed E-state index contributed by atoms with van der Waals surface area (Å²) in [6.07, 6.45) is 9.29. The fourth-order valence-corrected chi connectivity index (χ4v) is 5.47. The number of carbonyl (C=O) groups is 1. The molecule has 2 heterocycles. The Morgan fingerprint density at radius 2 is 2.05 bits per heavy atom. The highest BCUT2D eigenvalue weighted by Gasteiger charge is 2.43. The average molecular weight is 297 g/mol. The Labute approximate surface area is 126 Å². The average Bonchev–Trinajstić information content (AvgIpc) is 2.87. The van der Waals surface area contributed by atoms with Gasteiger partial charge < -0.3 is 10.5 Å². The van der Waals surface area contributed by atoms with Crippen LogP contribution in [0.1, 0.15) is 57.8 Å². The number of ketones is 1. The lowest BCUT2D eigenvalue weighted by Crippen LogP contribution is -2.47. The number of ether oxygens (including phenoxy) is 1. The number of rotatable bonds is 3. The van der Waals surface area contributed by atoms with Gasteiger partial charge in [-0.05, 0) is 37.9 Å². The molecule has 20 heavy (non-hydrogen) atoms. The third kappa shape index (κ3) is 3.23. The third-order valence-electron chi connectivity index (χ3n) is 5.39. The molecule has 2 atom stereocenters. The van der Waals surface area contributed by atoms with Crippen LogP contribution in [0.3, 0.4) is 0 Å². The van der Waals surface area contributed by atoms with E-state index in [1.807, 2.05) is 11.8 Å². The van der Waals surface area contributed by atoms with E-state index in [4.69, 9.17) is 10.5 Å². The minimum absolute atomic E-state index is 0.0115. The molecule has 3 rings (SSSR count). The van der Waals surface area contributed by atoms with Crippen molar-refractivity contribution in [2.45, 2.75) is 68.9 Å². The molecule has 3 nitrogen and oxygen atoms in total. The smallest absolute Gasteiger partial charge is 0.138 e. The quantitative estimate of drug-likeness (QED) is 0.870. The van der Waals surface area contributed by atoms with Crippen molar-refractivity contribution in [3.05, 3.63) is 0 Å². The highest BCUT2D eigenvalue weighted by Crippen LogP contribution is 2.41. The van der Waals surface area contributed by atoms with E-state index in [1.54, 1.807) is 0 Å². The van der Waals surface area contributed by atoms with Crippen LogP contribution in [-0.2, 0) is 9.53 Å². The molecule has 0 radical (unpaired) electrons. The molecular formula is C16H27NO2S. The number of hydrogen-bond donors (Lipinski definition) is 1. The van der Waals surface area contributed by atoms with E-state index in [0.717, 1.165) is 44.5 Å². The van der Waals surface area contributed by atoms with Crippen molar-refractivity contribution >= 4 is 17.5 Å². The third-order valence-corrected chi connectivity index (χ3v) is 6.61. The topological polar surface area (TPSA) is 52.3 Å². The van der Waals surface area contributed by atoms with Gasteiger partial charge in [-0.25, -0.2) is 0 Å². The number of nitrogens with two attached hydrogens (primary N) is 1. The van der Waals surface area contributed by atoms with Crippen LogP contribution < -0.4 is 5.73 Å². The summed E-state index contributed by atoms with van der Waals surface area (Å²) < 4.78 is 6.02. The standard InChI is InChI=1S/C16H27NO2S/c17-15(5-2-1-3-6-15)11-14(18)13-4-8-19-16(10-13)7-9-20-12-16/h13H,1-12,17H2. The Balaban J connectivity index is 1.59. The number of Topliss-reactive ketones (excluding diaryl/α,β-unsaturated/α-hetero) is 1. The monoisotopic (exact) mass is 297 g/mol. The normalized spacial score (nSPS) is 37.1. The van der Waals surface area contributed by atoms with Crippen molar-refractivity contribution in [3.63, 3.8) is 0 Å². The summed E-state index contributed by atoms with van der Waals surface area (Å²) in [4.78, 5) is 12.7. The molecular weight excluding hydrogens is 270 g/mol. The van der Waals surface area contributed by atoms with Crippen molar-refractivity contribution in [1.29, 1.82) is 0 Å². The van der Waals surface area contributed by atoms with Crippen molar-refractivity contribution in [2.75, 3.05) is 18.1 Å². The minimum atomic E-state index is -0.203. The van der Waals surface area contributed by atoms with E-state index in [0.29, 0.717) is 12.2 Å². The Hall–Kier alpha value is -0.0600. The maximum absolute atomic E-state index is 12.7. The molecule has 1 aliphatic carbocycles. The van der Waals surface area contributed by atoms with Gasteiger partial charge in [0.1, 0.15) is 5.78 Å². The van der Waals surface area contributed by atoms with E-state index in [1.165, 1.54) is 25.0 Å². The maximum atomic E-state index is 12.7. The predicted molar refractivity (Wildman–Crippen MR) is 83.0 cm³/mol. The number of carbonyl (C=O) groups excluding carboxylic acids is 1. The lowest BCUT2D eigenvalue weighted by atomic mass is 9.74. The van der Waals surface area contributed by atoms with Crippen LogP contribution in [0.2, 0.25) is 0 Å². The molecule has 0 amide bonds. The molecule has 1 spiro atoms. The SMILES string of the molecule is NC1(CC(=O)C2CCOC3(CCSC3)C2)CCCCC1. The molecule has 0 aromatic carbocycles. The van der Waals surface area contributed by atoms with Gasteiger partial charge in [0, 0.05) is 30.2 Å². The fraction of sp³-hybridized carbons (Fsp3) is 0.938. The summed E-state index contributed by atoms with van der Waals surface area (Å²) in [5.41, 5.74) is 6.26. The molecule has 0 aromatic rings. The maximum Gasteiger partial charge on any atom is 0.138 e. The van der Waals surface area contributed by atoms with Gasteiger partial charge >= 0.3 is 0 Å². The van der Waals surface area contributed by atoms with Gasteiger partial charge in [-0.15, -0.1) is 0 Å². The highest BCUT2D eigenvalue weighted by molar-refractivity contribution is 7.99. The summed E-state index contributed by atoms with van der Waals surface area (Å²) >= 11 is 1.97. The van der Waals surface area contributed by atoms with Crippen LogP contribution in [0.5, 0.6) is 0 Å². The first-order valence-corrected chi connectivity index (χ1v) is 9.30. The first-order valence-electron chi connectivity index (χ1n) is 8.14. The molecule has 3 fully saturated rings. The molecule has 3 aliphatic rings. The lowest BCUT2D eigenvalue weighted by molar-refractivity contribution is -0.135. The molecule has 2 unspecified atom stereocenters. The fourth-order valence-electron chi connectivity index (χ4n) is 4.09. The van der Waals surface area contributed by atoms with E-state index in [9.17, 15) is 4.79 Å². The van der Waals surface area contributed by atoms with Crippen LogP contribution in [0.25, 0.3) is 0 Å². The summed E-state index contributed by atoms with van der Waals surface area (Å²) in [6, 6.07) is 0. The first-order chi connectivity index (χ1) is 9.61. The highest BCUT2D eigenvalue weighted by atomic mass is 32.2. The van der Waals surface area contributed by atoms with Crippen LogP contribution in [0.15, 0.2) is 0 Å². The lowest BCUT2D eigenvalue weighted by Gasteiger charge is -2.39. The van der Waals surface area contributed by atoms with Crippen molar-refractivity contribution in [3.8, 4) is 0 Å². The molecule has 1 saturated carbocycles. The van der Waals surface area contributed by atoms with E-state index < -0.39 is 0 Å². The molecule has 2 aliphatic heterocycles. The second-order valence-corrected chi connectivity index (χ2v) is 8.20. The molecule has 2 saturated heterocycles. The van der Waals surface area contributed by atoms with Crippen molar-refractivity contribution in [1.82, 2.24) is 0 Å². The Morgan fingerprint density at radius 3 is 2.75 bits per heavy atom. The molecule has 2 N–H and O–H groups in total. The van der Waals surface area contributed by atoms with Gasteiger partial charge in [0.15, 0.2) is 0 Å². The summed E-state index contributed by atoms with van der Waals surface area (Å²) in [5, 5.41) is 0. The second kappa shape index (κ2) is 5.98. The zero-order valence-electron chi connectivity index (χ0n) is 12.4. The molecule has 0 aromatic heterocycles. The number of hydrogen-bond acceptors (Lipinski definition) is 4. The van der Waals surface area contributed by atoms with Gasteiger partial charge in [-0.2, -0.15) is 11.8 Å². The number of thioether (sulfide) groups is 1. The first kappa shape index (κ1) is 14.9.